The molecule has 0 N–H and O–H groups in total. The minimum absolute atomic E-state index is 0.208. The van der Waals surface area contributed by atoms with Crippen molar-refractivity contribution in [3.8, 4) is 0 Å². The molecule has 0 amide bonds. The Bertz CT molecular complexity index is 286. The zero-order chi connectivity index (χ0) is 8.55. The molecule has 12 heavy (non-hydrogen) atoms. The molecule has 1 fully saturated rings. The third-order valence-corrected chi connectivity index (χ3v) is 2.14. The van der Waals surface area contributed by atoms with Crippen LogP contribution in [0.15, 0.2) is 6.20 Å². The Kier molecular flexibility index (Phi) is 1.84. The Morgan fingerprint density at radius 2 is 2.33 bits per heavy atom. The number of nitrogens with zero attached hydrogens (tertiary/aromatic N) is 4. The average molecular weight is 185 g/mol. The molecule has 1 saturated carbocycles. The Labute approximate surface area is 75.6 Å². The van der Waals surface area contributed by atoms with E-state index < -0.39 is 0 Å². The molecule has 0 radical (unpaired) electrons. The van der Waals surface area contributed by atoms with Gasteiger partial charge >= 0.3 is 0 Å². The van der Waals surface area contributed by atoms with Crippen LogP contribution < -0.4 is 4.90 Å². The van der Waals surface area contributed by atoms with Crippen LogP contribution in [-0.2, 0) is 0 Å². The van der Waals surface area contributed by atoms with E-state index in [9.17, 15) is 0 Å². The van der Waals surface area contributed by atoms with Gasteiger partial charge in [-0.15, -0.1) is 5.10 Å². The molecule has 4 nitrogen and oxygen atoms in total. The lowest BCUT2D eigenvalue weighted by Gasteiger charge is -2.15. The summed E-state index contributed by atoms with van der Waals surface area (Å²) in [6, 6.07) is 0.623. The Hall–Kier alpha value is -0.900. The van der Waals surface area contributed by atoms with Gasteiger partial charge in [0.1, 0.15) is 0 Å². The van der Waals surface area contributed by atoms with Crippen molar-refractivity contribution in [2.45, 2.75) is 18.9 Å². The van der Waals surface area contributed by atoms with Crippen molar-refractivity contribution in [2.24, 2.45) is 0 Å². The van der Waals surface area contributed by atoms with Crippen LogP contribution in [0.25, 0.3) is 0 Å². The molecule has 0 atom stereocenters. The maximum atomic E-state index is 5.60. The molecule has 1 aromatic heterocycles. The molecule has 0 saturated heterocycles. The summed E-state index contributed by atoms with van der Waals surface area (Å²) >= 11 is 5.60. The quantitative estimate of drug-likeness (QED) is 0.691. The summed E-state index contributed by atoms with van der Waals surface area (Å²) in [5.74, 6) is 0.803. The van der Waals surface area contributed by atoms with Crippen molar-refractivity contribution in [1.82, 2.24) is 15.2 Å². The van der Waals surface area contributed by atoms with E-state index in [-0.39, 0.29) is 5.28 Å². The largest absolute Gasteiger partial charge is 0.355 e. The molecule has 0 bridgehead atoms. The highest BCUT2D eigenvalue weighted by atomic mass is 35.5. The number of aromatic nitrogens is 3. The monoisotopic (exact) mass is 184 g/mol. The van der Waals surface area contributed by atoms with Gasteiger partial charge in [0.05, 0.1) is 6.20 Å². The highest BCUT2D eigenvalue weighted by molar-refractivity contribution is 6.28. The number of hydrogen-bond donors (Lipinski definition) is 0. The zero-order valence-corrected chi connectivity index (χ0v) is 7.49. The number of halogens is 1. The van der Waals surface area contributed by atoms with Crippen LogP contribution in [-0.4, -0.2) is 28.3 Å². The molecule has 0 unspecified atom stereocenters. The molecular weight excluding hydrogens is 176 g/mol. The van der Waals surface area contributed by atoms with Crippen molar-refractivity contribution in [2.75, 3.05) is 11.9 Å². The van der Waals surface area contributed by atoms with E-state index in [1.807, 2.05) is 7.05 Å². The highest BCUT2D eigenvalue weighted by Gasteiger charge is 2.27. The zero-order valence-electron chi connectivity index (χ0n) is 6.74. The van der Waals surface area contributed by atoms with Gasteiger partial charge in [-0.05, 0) is 24.4 Å². The third-order valence-electron chi connectivity index (χ3n) is 1.98. The molecule has 0 aliphatic heterocycles. The van der Waals surface area contributed by atoms with Gasteiger partial charge in [0.25, 0.3) is 0 Å². The van der Waals surface area contributed by atoms with Crippen LogP contribution in [0.3, 0.4) is 0 Å². The first kappa shape index (κ1) is 7.73. The minimum Gasteiger partial charge on any atom is -0.355 e. The minimum atomic E-state index is 0.208. The van der Waals surface area contributed by atoms with Crippen molar-refractivity contribution in [3.63, 3.8) is 0 Å². The highest BCUT2D eigenvalue weighted by Crippen LogP contribution is 2.28. The van der Waals surface area contributed by atoms with Crippen LogP contribution in [0.1, 0.15) is 12.8 Å². The van der Waals surface area contributed by atoms with Gasteiger partial charge in [0.2, 0.25) is 5.28 Å². The van der Waals surface area contributed by atoms with E-state index in [1.165, 1.54) is 12.8 Å². The van der Waals surface area contributed by atoms with Crippen LogP contribution >= 0.6 is 11.6 Å². The molecule has 2 rings (SSSR count). The van der Waals surface area contributed by atoms with Gasteiger partial charge < -0.3 is 4.90 Å². The van der Waals surface area contributed by atoms with Crippen molar-refractivity contribution in [3.05, 3.63) is 11.5 Å². The second kappa shape index (κ2) is 2.86. The summed E-state index contributed by atoms with van der Waals surface area (Å²) in [5, 5.41) is 7.52. The molecule has 1 aliphatic carbocycles. The lowest BCUT2D eigenvalue weighted by atomic mass is 10.5. The molecule has 1 aliphatic rings. The first-order valence-electron chi connectivity index (χ1n) is 3.85. The van der Waals surface area contributed by atoms with Gasteiger partial charge in [-0.3, -0.25) is 0 Å². The SMILES string of the molecule is CN(c1cnnc(Cl)n1)C1CC1. The van der Waals surface area contributed by atoms with Gasteiger partial charge in [0, 0.05) is 13.1 Å². The van der Waals surface area contributed by atoms with Crippen molar-refractivity contribution in [1.29, 1.82) is 0 Å². The summed E-state index contributed by atoms with van der Waals surface area (Å²) in [6.45, 7) is 0. The van der Waals surface area contributed by atoms with Gasteiger partial charge in [-0.25, -0.2) is 0 Å². The smallest absolute Gasteiger partial charge is 0.244 e. The van der Waals surface area contributed by atoms with Crippen LogP contribution in [0.5, 0.6) is 0 Å². The predicted molar refractivity (Wildman–Crippen MR) is 46.3 cm³/mol. The summed E-state index contributed by atoms with van der Waals surface area (Å²) in [6.07, 6.45) is 4.10. The van der Waals surface area contributed by atoms with E-state index >= 15 is 0 Å². The number of anilines is 1. The van der Waals surface area contributed by atoms with E-state index in [2.05, 4.69) is 20.1 Å². The molecule has 1 heterocycles. The Morgan fingerprint density at radius 1 is 1.58 bits per heavy atom. The molecule has 0 spiro atoms. The lowest BCUT2D eigenvalue weighted by molar-refractivity contribution is 0.858. The van der Waals surface area contributed by atoms with E-state index in [1.54, 1.807) is 6.20 Å². The van der Waals surface area contributed by atoms with Crippen LogP contribution in [0.4, 0.5) is 5.82 Å². The average Bonchev–Trinajstić information content (AvgIpc) is 2.85. The first-order chi connectivity index (χ1) is 5.77. The summed E-state index contributed by atoms with van der Waals surface area (Å²) in [5.41, 5.74) is 0. The fourth-order valence-corrected chi connectivity index (χ4v) is 1.22. The molecule has 1 aromatic rings. The van der Waals surface area contributed by atoms with Crippen LogP contribution in [0, 0.1) is 0 Å². The fraction of sp³-hybridized carbons (Fsp3) is 0.571. The maximum absolute atomic E-state index is 5.60. The van der Waals surface area contributed by atoms with Crippen LogP contribution in [0.2, 0.25) is 5.28 Å². The van der Waals surface area contributed by atoms with Gasteiger partial charge in [0.15, 0.2) is 5.82 Å². The van der Waals surface area contributed by atoms with E-state index in [0.717, 1.165) is 5.82 Å². The fourth-order valence-electron chi connectivity index (χ4n) is 1.09. The van der Waals surface area contributed by atoms with Crippen molar-refractivity contribution < 1.29 is 0 Å². The Morgan fingerprint density at radius 3 is 2.92 bits per heavy atom. The topological polar surface area (TPSA) is 41.9 Å². The first-order valence-corrected chi connectivity index (χ1v) is 4.23. The standard InChI is InChI=1S/C7H9ClN4/c1-12(5-2-3-5)6-4-9-11-7(8)10-6/h4-5H,2-3H2,1H3. The van der Waals surface area contributed by atoms with E-state index in [0.29, 0.717) is 6.04 Å². The second-order valence-corrected chi connectivity index (χ2v) is 3.26. The maximum Gasteiger partial charge on any atom is 0.244 e. The predicted octanol–water partition coefficient (Wildman–Crippen LogP) is 1.12. The summed E-state index contributed by atoms with van der Waals surface area (Å²) in [4.78, 5) is 6.14. The summed E-state index contributed by atoms with van der Waals surface area (Å²) < 4.78 is 0. The molecule has 64 valence electrons. The normalized spacial score (nSPS) is 16.2. The van der Waals surface area contributed by atoms with Crippen molar-refractivity contribution >= 4 is 17.4 Å². The lowest BCUT2D eigenvalue weighted by Crippen LogP contribution is -2.21. The number of hydrogen-bond acceptors (Lipinski definition) is 4. The second-order valence-electron chi connectivity index (χ2n) is 2.93. The van der Waals surface area contributed by atoms with Gasteiger partial charge in [-0.1, -0.05) is 0 Å². The van der Waals surface area contributed by atoms with Gasteiger partial charge in [-0.2, -0.15) is 10.1 Å². The Balaban J connectivity index is 2.20. The third kappa shape index (κ3) is 1.48. The molecule has 5 heteroatoms. The van der Waals surface area contributed by atoms with E-state index in [4.69, 9.17) is 11.6 Å². The number of rotatable bonds is 2. The summed E-state index contributed by atoms with van der Waals surface area (Å²) in [7, 11) is 2.00. The molecular formula is C7H9ClN4. The molecule has 0 aromatic carbocycles.